The average Bonchev–Trinajstić information content (AvgIpc) is 2.49. The van der Waals surface area contributed by atoms with Gasteiger partial charge < -0.3 is 10.3 Å². The third-order valence-electron chi connectivity index (χ3n) is 3.02. The zero-order valence-electron chi connectivity index (χ0n) is 11.9. The maximum absolute atomic E-state index is 11.9. The van der Waals surface area contributed by atoms with Crippen molar-refractivity contribution < 1.29 is 14.3 Å². The highest BCUT2D eigenvalue weighted by Gasteiger charge is 2.27. The van der Waals surface area contributed by atoms with Gasteiger partial charge in [-0.1, -0.05) is 24.3 Å². The third-order valence-corrected chi connectivity index (χ3v) is 3.02. The van der Waals surface area contributed by atoms with E-state index in [2.05, 4.69) is 9.77 Å². The number of carbonyl (C=O) groups excluding carboxylic acids is 1. The largest absolute Gasteiger partial charge is 0.457 e. The number of benzene rings is 1. The monoisotopic (exact) mass is 281 g/mol. The summed E-state index contributed by atoms with van der Waals surface area (Å²) in [7, 11) is 0. The summed E-state index contributed by atoms with van der Waals surface area (Å²) in [5.41, 5.74) is 12.0. The Hall–Kier alpha value is -2.78. The van der Waals surface area contributed by atoms with Crippen LogP contribution in [0.4, 0.5) is 0 Å². The molecule has 0 N–H and O–H groups in total. The molecule has 5 heteroatoms. The van der Waals surface area contributed by atoms with Crippen molar-refractivity contribution in [2.24, 2.45) is 0 Å². The first-order chi connectivity index (χ1) is 10.2. The maximum Gasteiger partial charge on any atom is 0.422 e. The number of ether oxygens (including phenoxy) is 1. The van der Waals surface area contributed by atoms with E-state index >= 15 is 0 Å². The molecule has 0 amide bonds. The molecule has 0 bridgehead atoms. The molecule has 1 heterocycles. The first-order valence-electron chi connectivity index (χ1n) is 6.59. The number of hydrogen-bond acceptors (Lipinski definition) is 3. The molecular weight excluding hydrogens is 266 g/mol. The van der Waals surface area contributed by atoms with Gasteiger partial charge in [-0.2, -0.15) is 4.79 Å². The van der Waals surface area contributed by atoms with E-state index in [9.17, 15) is 10.3 Å². The van der Waals surface area contributed by atoms with Crippen molar-refractivity contribution in [1.29, 1.82) is 0 Å². The standard InChI is InChI=1S/C16H15N3O2/c1-3-21-16(20)15(19-17)13-9-5-4-8-12(13)14-11(2)7-6-10-18-14/h4-10H,3H2,1-2H3. The van der Waals surface area contributed by atoms with Crippen LogP contribution in [0.3, 0.4) is 0 Å². The van der Waals surface area contributed by atoms with Gasteiger partial charge >= 0.3 is 11.7 Å². The molecule has 0 aliphatic carbocycles. The van der Waals surface area contributed by atoms with Gasteiger partial charge in [0, 0.05) is 11.8 Å². The lowest BCUT2D eigenvalue weighted by Crippen LogP contribution is -2.20. The number of carbonyl (C=O) groups is 1. The van der Waals surface area contributed by atoms with Crippen LogP contribution in [0.2, 0.25) is 0 Å². The molecule has 0 saturated heterocycles. The van der Waals surface area contributed by atoms with E-state index in [-0.39, 0.29) is 12.3 Å². The Kier molecular flexibility index (Phi) is 4.59. The van der Waals surface area contributed by atoms with Crippen molar-refractivity contribution in [2.75, 3.05) is 6.61 Å². The molecule has 0 fully saturated rings. The molecule has 0 unspecified atom stereocenters. The van der Waals surface area contributed by atoms with Gasteiger partial charge in [-0.15, -0.1) is 0 Å². The van der Waals surface area contributed by atoms with Gasteiger partial charge in [-0.05, 0) is 31.5 Å². The zero-order valence-corrected chi connectivity index (χ0v) is 11.9. The van der Waals surface area contributed by atoms with E-state index in [1.165, 1.54) is 0 Å². The molecule has 1 aromatic carbocycles. The first kappa shape index (κ1) is 14.6. The Morgan fingerprint density at radius 1 is 1.29 bits per heavy atom. The molecule has 106 valence electrons. The highest BCUT2D eigenvalue weighted by Crippen LogP contribution is 2.25. The molecule has 2 rings (SSSR count). The summed E-state index contributed by atoms with van der Waals surface area (Å²) in [6, 6.07) is 10.9. The second-order valence-corrected chi connectivity index (χ2v) is 4.38. The molecule has 0 saturated carbocycles. The number of pyridine rings is 1. The van der Waals surface area contributed by atoms with Crippen molar-refractivity contribution in [3.05, 3.63) is 59.3 Å². The van der Waals surface area contributed by atoms with Crippen LogP contribution in [0.15, 0.2) is 42.6 Å². The van der Waals surface area contributed by atoms with Crippen LogP contribution in [0.1, 0.15) is 18.1 Å². The van der Waals surface area contributed by atoms with Crippen molar-refractivity contribution in [3.63, 3.8) is 0 Å². The van der Waals surface area contributed by atoms with E-state index in [0.29, 0.717) is 5.56 Å². The van der Waals surface area contributed by atoms with Gasteiger partial charge in [0.05, 0.1) is 17.9 Å². The number of aryl methyl sites for hydroxylation is 1. The minimum Gasteiger partial charge on any atom is -0.457 e. The average molecular weight is 281 g/mol. The molecule has 5 nitrogen and oxygen atoms in total. The summed E-state index contributed by atoms with van der Waals surface area (Å²) < 4.78 is 4.92. The number of esters is 1. The highest BCUT2D eigenvalue weighted by molar-refractivity contribution is 6.42. The summed E-state index contributed by atoms with van der Waals surface area (Å²) >= 11 is 0. The van der Waals surface area contributed by atoms with Crippen molar-refractivity contribution >= 4 is 11.7 Å². The normalized spacial score (nSPS) is 9.81. The molecular formula is C16H15N3O2. The van der Waals surface area contributed by atoms with E-state index < -0.39 is 5.97 Å². The van der Waals surface area contributed by atoms with Crippen LogP contribution in [-0.4, -0.2) is 28.1 Å². The lowest BCUT2D eigenvalue weighted by atomic mass is 9.97. The second kappa shape index (κ2) is 6.59. The van der Waals surface area contributed by atoms with Gasteiger partial charge in [0.15, 0.2) is 0 Å². The van der Waals surface area contributed by atoms with E-state index in [4.69, 9.17) is 4.74 Å². The van der Waals surface area contributed by atoms with Crippen LogP contribution in [0.5, 0.6) is 0 Å². The van der Waals surface area contributed by atoms with E-state index in [1.807, 2.05) is 31.2 Å². The third kappa shape index (κ3) is 3.04. The Balaban J connectivity index is 2.59. The van der Waals surface area contributed by atoms with Gasteiger partial charge in [-0.3, -0.25) is 4.98 Å². The highest BCUT2D eigenvalue weighted by atomic mass is 16.5. The second-order valence-electron chi connectivity index (χ2n) is 4.38. The Bertz CT molecular complexity index is 719. The number of rotatable bonds is 4. The fourth-order valence-electron chi connectivity index (χ4n) is 2.07. The summed E-state index contributed by atoms with van der Waals surface area (Å²) in [6.07, 6.45) is 1.68. The number of nitrogens with zero attached hydrogens (tertiary/aromatic N) is 3. The molecule has 1 aromatic heterocycles. The minimum atomic E-state index is -0.666. The topological polar surface area (TPSA) is 75.6 Å². The molecule has 21 heavy (non-hydrogen) atoms. The number of aromatic nitrogens is 1. The number of hydrogen-bond donors (Lipinski definition) is 0. The SMILES string of the molecule is CCOC(=O)C(=[N+]=[N-])c1ccccc1-c1ncccc1C. The lowest BCUT2D eigenvalue weighted by molar-refractivity contribution is -0.139. The molecule has 0 radical (unpaired) electrons. The summed E-state index contributed by atoms with van der Waals surface area (Å²) in [4.78, 5) is 19.4. The Labute approximate surface area is 122 Å². The molecule has 0 atom stereocenters. The fourth-order valence-corrected chi connectivity index (χ4v) is 2.07. The smallest absolute Gasteiger partial charge is 0.422 e. The zero-order chi connectivity index (χ0) is 15.2. The maximum atomic E-state index is 11.9. The first-order valence-corrected chi connectivity index (χ1v) is 6.59. The lowest BCUT2D eigenvalue weighted by Gasteiger charge is -2.08. The predicted molar refractivity (Wildman–Crippen MR) is 78.8 cm³/mol. The summed E-state index contributed by atoms with van der Waals surface area (Å²) in [5.74, 6) is -0.666. The quantitative estimate of drug-likeness (QED) is 0.374. The van der Waals surface area contributed by atoms with Gasteiger partial charge in [0.1, 0.15) is 0 Å². The Morgan fingerprint density at radius 3 is 2.71 bits per heavy atom. The van der Waals surface area contributed by atoms with Crippen LogP contribution >= 0.6 is 0 Å². The van der Waals surface area contributed by atoms with Crippen molar-refractivity contribution in [3.8, 4) is 11.3 Å². The van der Waals surface area contributed by atoms with Crippen LogP contribution in [0, 0.1) is 6.92 Å². The van der Waals surface area contributed by atoms with E-state index in [0.717, 1.165) is 16.8 Å². The van der Waals surface area contributed by atoms with Crippen LogP contribution in [0.25, 0.3) is 16.8 Å². The van der Waals surface area contributed by atoms with E-state index in [1.54, 1.807) is 25.3 Å². The molecule has 2 aromatic rings. The summed E-state index contributed by atoms with van der Waals surface area (Å²) in [5, 5.41) is 0. The van der Waals surface area contributed by atoms with Gasteiger partial charge in [-0.25, -0.2) is 4.79 Å². The van der Waals surface area contributed by atoms with Crippen molar-refractivity contribution in [1.82, 2.24) is 4.98 Å². The molecule has 0 aliphatic rings. The molecule has 0 aliphatic heterocycles. The minimum absolute atomic E-state index is 0.127. The van der Waals surface area contributed by atoms with Gasteiger partial charge in [0.2, 0.25) is 0 Å². The predicted octanol–water partition coefficient (Wildman–Crippen LogP) is 2.64. The van der Waals surface area contributed by atoms with Crippen molar-refractivity contribution in [2.45, 2.75) is 13.8 Å². The fraction of sp³-hybridized carbons (Fsp3) is 0.188. The van der Waals surface area contributed by atoms with Crippen LogP contribution in [-0.2, 0) is 9.53 Å². The van der Waals surface area contributed by atoms with Gasteiger partial charge in [0.25, 0.3) is 0 Å². The Morgan fingerprint density at radius 2 is 2.05 bits per heavy atom. The summed E-state index contributed by atoms with van der Waals surface area (Å²) in [6.45, 7) is 3.84. The van der Waals surface area contributed by atoms with Crippen LogP contribution < -0.4 is 0 Å². The molecule has 0 spiro atoms.